The Kier molecular flexibility index (Phi) is 33.8. The first-order valence-corrected chi connectivity index (χ1v) is 18.2. The number of carbonyl (C=O) groups is 2. The van der Waals surface area contributed by atoms with E-state index in [0.717, 1.165) is 32.1 Å². The van der Waals surface area contributed by atoms with Gasteiger partial charge in [-0.1, -0.05) is 160 Å². The Balaban J connectivity index is 3.19. The molecule has 0 aromatic heterocycles. The lowest BCUT2D eigenvalue weighted by atomic mass is 10.0. The molecular weight excluding hydrogens is 508 g/mol. The maximum absolute atomic E-state index is 11.9. The molecule has 0 amide bonds. The first-order valence-electron chi connectivity index (χ1n) is 18.2. The van der Waals surface area contributed by atoms with Gasteiger partial charge < -0.3 is 9.84 Å². The molecular formula is C37H70O4. The molecule has 0 aliphatic heterocycles. The number of carbonyl (C=O) groups excluding carboxylic acids is 1. The van der Waals surface area contributed by atoms with E-state index in [1.807, 2.05) is 0 Å². The van der Waals surface area contributed by atoms with E-state index >= 15 is 0 Å². The van der Waals surface area contributed by atoms with Crippen LogP contribution in [0.5, 0.6) is 0 Å². The fourth-order valence-corrected chi connectivity index (χ4v) is 5.45. The molecule has 4 heteroatoms. The van der Waals surface area contributed by atoms with Gasteiger partial charge >= 0.3 is 11.9 Å². The van der Waals surface area contributed by atoms with Gasteiger partial charge in [0.25, 0.3) is 0 Å². The van der Waals surface area contributed by atoms with E-state index in [4.69, 9.17) is 9.84 Å². The lowest BCUT2D eigenvalue weighted by molar-refractivity contribution is -0.144. The highest BCUT2D eigenvalue weighted by atomic mass is 16.5. The highest BCUT2D eigenvalue weighted by Gasteiger charge is 2.03. The number of ether oxygens (including phenoxy) is 1. The summed E-state index contributed by atoms with van der Waals surface area (Å²) in [5.74, 6) is -0.666. The van der Waals surface area contributed by atoms with Crippen LogP contribution in [0, 0.1) is 0 Å². The number of hydrogen-bond acceptors (Lipinski definition) is 3. The molecule has 0 saturated carbocycles. The predicted molar refractivity (Wildman–Crippen MR) is 177 cm³/mol. The molecule has 0 saturated heterocycles. The van der Waals surface area contributed by atoms with Crippen LogP contribution in [-0.2, 0) is 14.3 Å². The van der Waals surface area contributed by atoms with E-state index in [-0.39, 0.29) is 5.97 Å². The zero-order valence-corrected chi connectivity index (χ0v) is 27.5. The van der Waals surface area contributed by atoms with Crippen molar-refractivity contribution in [3.05, 3.63) is 12.2 Å². The Morgan fingerprint density at radius 3 is 1.22 bits per heavy atom. The van der Waals surface area contributed by atoms with Crippen molar-refractivity contribution in [2.45, 2.75) is 206 Å². The topological polar surface area (TPSA) is 63.6 Å². The lowest BCUT2D eigenvalue weighted by Crippen LogP contribution is -2.05. The average Bonchev–Trinajstić information content (AvgIpc) is 2.96. The number of carboxylic acid groups (broad SMARTS) is 1. The monoisotopic (exact) mass is 579 g/mol. The van der Waals surface area contributed by atoms with Crippen molar-refractivity contribution in [2.24, 2.45) is 0 Å². The Morgan fingerprint density at radius 1 is 0.463 bits per heavy atom. The van der Waals surface area contributed by atoms with Crippen molar-refractivity contribution in [2.75, 3.05) is 6.61 Å². The number of allylic oxidation sites excluding steroid dienone is 2. The van der Waals surface area contributed by atoms with Crippen LogP contribution in [0.15, 0.2) is 12.2 Å². The molecule has 242 valence electrons. The van der Waals surface area contributed by atoms with Crippen molar-refractivity contribution in [1.82, 2.24) is 0 Å². The standard InChI is InChI=1S/C37H70O4/c1-2-3-4-5-6-7-8-9-12-16-19-22-25-28-31-34-37(40)41-35-32-29-26-23-20-17-14-11-10-13-15-18-21-24-27-30-33-36(38)39/h9,12H,2-8,10-11,13-35H2,1H3,(H,38,39)/b12-9-. The highest BCUT2D eigenvalue weighted by molar-refractivity contribution is 5.69. The van der Waals surface area contributed by atoms with Gasteiger partial charge in [-0.25, -0.2) is 0 Å². The molecule has 0 rings (SSSR count). The van der Waals surface area contributed by atoms with Gasteiger partial charge in [-0.15, -0.1) is 0 Å². The van der Waals surface area contributed by atoms with Crippen molar-refractivity contribution < 1.29 is 19.4 Å². The van der Waals surface area contributed by atoms with Gasteiger partial charge in [-0.3, -0.25) is 9.59 Å². The molecule has 41 heavy (non-hydrogen) atoms. The molecule has 0 heterocycles. The van der Waals surface area contributed by atoms with Crippen LogP contribution < -0.4 is 0 Å². The summed E-state index contributed by atoms with van der Waals surface area (Å²) in [5, 5.41) is 8.63. The predicted octanol–water partition coefficient (Wildman–Crippen LogP) is 12.3. The number of esters is 1. The summed E-state index contributed by atoms with van der Waals surface area (Å²) >= 11 is 0. The van der Waals surface area contributed by atoms with E-state index in [2.05, 4.69) is 19.1 Å². The second kappa shape index (κ2) is 34.9. The first kappa shape index (κ1) is 39.7. The van der Waals surface area contributed by atoms with Crippen molar-refractivity contribution in [3.63, 3.8) is 0 Å². The summed E-state index contributed by atoms with van der Waals surface area (Å²) < 4.78 is 5.42. The van der Waals surface area contributed by atoms with Crippen molar-refractivity contribution >= 4 is 11.9 Å². The third-order valence-electron chi connectivity index (χ3n) is 8.19. The largest absolute Gasteiger partial charge is 0.481 e. The van der Waals surface area contributed by atoms with Crippen LogP contribution >= 0.6 is 0 Å². The zero-order valence-electron chi connectivity index (χ0n) is 27.5. The lowest BCUT2D eigenvalue weighted by Gasteiger charge is -2.05. The minimum atomic E-state index is -0.665. The van der Waals surface area contributed by atoms with E-state index in [0.29, 0.717) is 19.4 Å². The van der Waals surface area contributed by atoms with Crippen LogP contribution in [0.25, 0.3) is 0 Å². The quantitative estimate of drug-likeness (QED) is 0.0468. The number of hydrogen-bond donors (Lipinski definition) is 1. The Morgan fingerprint density at radius 2 is 0.805 bits per heavy atom. The molecule has 0 aliphatic rings. The summed E-state index contributed by atoms with van der Waals surface area (Å²) in [6.07, 6.45) is 42.2. The second-order valence-corrected chi connectivity index (χ2v) is 12.4. The molecule has 0 bridgehead atoms. The molecule has 0 fully saturated rings. The number of carboxylic acids is 1. The van der Waals surface area contributed by atoms with E-state index in [1.165, 1.54) is 154 Å². The minimum Gasteiger partial charge on any atom is -0.481 e. The van der Waals surface area contributed by atoms with Crippen molar-refractivity contribution in [1.29, 1.82) is 0 Å². The SMILES string of the molecule is CCCCCCCC/C=C\CCCCCCCC(=O)OCCCCCCCCCCCCCCCCCCC(=O)O. The van der Waals surface area contributed by atoms with Gasteiger partial charge in [0, 0.05) is 12.8 Å². The van der Waals surface area contributed by atoms with E-state index < -0.39 is 5.97 Å². The maximum atomic E-state index is 11.9. The molecule has 0 spiro atoms. The van der Waals surface area contributed by atoms with Gasteiger partial charge in [0.05, 0.1) is 6.61 Å². The third-order valence-corrected chi connectivity index (χ3v) is 8.19. The molecule has 0 unspecified atom stereocenters. The molecule has 4 nitrogen and oxygen atoms in total. The van der Waals surface area contributed by atoms with Crippen LogP contribution in [-0.4, -0.2) is 23.7 Å². The number of aliphatic carboxylic acids is 1. The molecule has 1 N–H and O–H groups in total. The molecule has 0 aromatic carbocycles. The third kappa shape index (κ3) is 36.7. The van der Waals surface area contributed by atoms with Gasteiger partial charge in [0.2, 0.25) is 0 Å². The smallest absolute Gasteiger partial charge is 0.305 e. The Labute approximate surface area is 255 Å². The molecule has 0 aromatic rings. The summed E-state index contributed by atoms with van der Waals surface area (Å²) in [6.45, 7) is 2.88. The summed E-state index contributed by atoms with van der Waals surface area (Å²) in [5.41, 5.74) is 0. The minimum absolute atomic E-state index is 0.00151. The fourth-order valence-electron chi connectivity index (χ4n) is 5.45. The first-order chi connectivity index (χ1) is 20.2. The van der Waals surface area contributed by atoms with E-state index in [9.17, 15) is 9.59 Å². The maximum Gasteiger partial charge on any atom is 0.305 e. The Hall–Kier alpha value is -1.32. The summed E-state index contributed by atoms with van der Waals surface area (Å²) in [6, 6.07) is 0. The van der Waals surface area contributed by atoms with Gasteiger partial charge in [0.15, 0.2) is 0 Å². The zero-order chi connectivity index (χ0) is 29.9. The van der Waals surface area contributed by atoms with Crippen LogP contribution in [0.4, 0.5) is 0 Å². The van der Waals surface area contributed by atoms with E-state index in [1.54, 1.807) is 0 Å². The second-order valence-electron chi connectivity index (χ2n) is 12.4. The number of unbranched alkanes of at least 4 members (excludes halogenated alkanes) is 26. The molecule has 0 aliphatic carbocycles. The van der Waals surface area contributed by atoms with Crippen LogP contribution in [0.3, 0.4) is 0 Å². The van der Waals surface area contributed by atoms with Gasteiger partial charge in [-0.05, 0) is 44.9 Å². The summed E-state index contributed by atoms with van der Waals surface area (Å²) in [7, 11) is 0. The normalized spacial score (nSPS) is 11.4. The van der Waals surface area contributed by atoms with Gasteiger partial charge in [0.1, 0.15) is 0 Å². The Bertz CT molecular complexity index is 571. The molecule has 0 atom stereocenters. The fraction of sp³-hybridized carbons (Fsp3) is 0.892. The number of rotatable bonds is 34. The van der Waals surface area contributed by atoms with Crippen LogP contribution in [0.2, 0.25) is 0 Å². The average molecular weight is 579 g/mol. The van der Waals surface area contributed by atoms with Gasteiger partial charge in [-0.2, -0.15) is 0 Å². The molecule has 0 radical (unpaired) electrons. The highest BCUT2D eigenvalue weighted by Crippen LogP contribution is 2.15. The van der Waals surface area contributed by atoms with Crippen LogP contribution in [0.1, 0.15) is 206 Å². The van der Waals surface area contributed by atoms with Crippen molar-refractivity contribution in [3.8, 4) is 0 Å². The summed E-state index contributed by atoms with van der Waals surface area (Å²) in [4.78, 5) is 22.4.